The Morgan fingerprint density at radius 2 is 2.18 bits per heavy atom. The van der Waals surface area contributed by atoms with Gasteiger partial charge in [-0.05, 0) is 12.8 Å². The maximum atomic E-state index is 12.1. The van der Waals surface area contributed by atoms with Crippen LogP contribution >= 0.6 is 0 Å². The van der Waals surface area contributed by atoms with Gasteiger partial charge in [-0.25, -0.2) is 0 Å². The van der Waals surface area contributed by atoms with Crippen LogP contribution in [0.3, 0.4) is 0 Å². The van der Waals surface area contributed by atoms with E-state index in [0.717, 1.165) is 12.8 Å². The first-order valence-corrected chi connectivity index (χ1v) is 6.01. The molecule has 1 heterocycles. The van der Waals surface area contributed by atoms with Crippen LogP contribution in [0.25, 0.3) is 0 Å². The van der Waals surface area contributed by atoms with Gasteiger partial charge in [-0.3, -0.25) is 9.48 Å². The molecule has 6 nitrogen and oxygen atoms in total. The maximum Gasteiger partial charge on any atom is 0.227 e. The Kier molecular flexibility index (Phi) is 5.09. The molecule has 0 unspecified atom stereocenters. The van der Waals surface area contributed by atoms with Gasteiger partial charge in [0.25, 0.3) is 0 Å². The van der Waals surface area contributed by atoms with Gasteiger partial charge < -0.3 is 11.1 Å². The lowest BCUT2D eigenvalue weighted by Gasteiger charge is -2.28. The summed E-state index contributed by atoms with van der Waals surface area (Å²) in [6, 6.07) is 0. The minimum absolute atomic E-state index is 0.0325. The molecule has 0 aliphatic carbocycles. The van der Waals surface area contributed by atoms with Gasteiger partial charge in [-0.2, -0.15) is 0 Å². The average Bonchev–Trinajstić information content (AvgIpc) is 2.85. The third-order valence-electron chi connectivity index (χ3n) is 3.32. The molecule has 0 spiro atoms. The summed E-state index contributed by atoms with van der Waals surface area (Å²) in [5.74, 6) is 0.0325. The molecule has 1 aromatic rings. The Morgan fingerprint density at radius 3 is 2.65 bits per heavy atom. The van der Waals surface area contributed by atoms with E-state index in [-0.39, 0.29) is 5.91 Å². The van der Waals surface area contributed by atoms with Crippen LogP contribution in [0.1, 0.15) is 26.7 Å². The van der Waals surface area contributed by atoms with Crippen molar-refractivity contribution in [1.29, 1.82) is 0 Å². The second kappa shape index (κ2) is 6.34. The summed E-state index contributed by atoms with van der Waals surface area (Å²) >= 11 is 0. The Bertz CT molecular complexity index is 323. The van der Waals surface area contributed by atoms with Crippen molar-refractivity contribution in [2.45, 2.75) is 33.2 Å². The van der Waals surface area contributed by atoms with E-state index in [4.69, 9.17) is 5.73 Å². The first-order valence-electron chi connectivity index (χ1n) is 6.01. The number of amides is 1. The van der Waals surface area contributed by atoms with E-state index in [1.807, 2.05) is 13.8 Å². The van der Waals surface area contributed by atoms with Crippen LogP contribution in [-0.4, -0.2) is 34.0 Å². The number of rotatable bonds is 7. The largest absolute Gasteiger partial charge is 0.354 e. The predicted molar refractivity (Wildman–Crippen MR) is 65.1 cm³/mol. The summed E-state index contributed by atoms with van der Waals surface area (Å²) in [5.41, 5.74) is 5.28. The van der Waals surface area contributed by atoms with E-state index >= 15 is 0 Å². The van der Waals surface area contributed by atoms with E-state index in [0.29, 0.717) is 19.6 Å². The van der Waals surface area contributed by atoms with Crippen molar-refractivity contribution < 1.29 is 4.79 Å². The molecule has 1 rings (SSSR count). The second-order valence-electron chi connectivity index (χ2n) is 4.11. The van der Waals surface area contributed by atoms with E-state index in [1.54, 1.807) is 17.1 Å². The molecule has 3 N–H and O–H groups in total. The van der Waals surface area contributed by atoms with Crippen molar-refractivity contribution in [2.75, 3.05) is 13.1 Å². The van der Waals surface area contributed by atoms with Gasteiger partial charge in [0.1, 0.15) is 0 Å². The van der Waals surface area contributed by atoms with Crippen molar-refractivity contribution >= 4 is 5.91 Å². The van der Waals surface area contributed by atoms with Gasteiger partial charge in [0.05, 0.1) is 18.2 Å². The van der Waals surface area contributed by atoms with E-state index in [1.165, 1.54) is 0 Å². The van der Waals surface area contributed by atoms with Crippen LogP contribution < -0.4 is 11.1 Å². The monoisotopic (exact) mass is 239 g/mol. The number of hydrogen-bond donors (Lipinski definition) is 2. The van der Waals surface area contributed by atoms with Crippen molar-refractivity contribution in [3.05, 3.63) is 12.4 Å². The second-order valence-corrected chi connectivity index (χ2v) is 4.11. The zero-order valence-electron chi connectivity index (χ0n) is 10.5. The molecule has 0 saturated carbocycles. The number of nitrogens with one attached hydrogen (secondary N) is 1. The lowest BCUT2D eigenvalue weighted by atomic mass is 9.81. The minimum atomic E-state index is -0.428. The molecule has 17 heavy (non-hydrogen) atoms. The highest BCUT2D eigenvalue weighted by Crippen LogP contribution is 2.24. The summed E-state index contributed by atoms with van der Waals surface area (Å²) in [7, 11) is 0. The first-order chi connectivity index (χ1) is 8.18. The summed E-state index contributed by atoms with van der Waals surface area (Å²) in [6.07, 6.45) is 4.90. The molecule has 0 saturated heterocycles. The quantitative estimate of drug-likeness (QED) is 0.709. The molecular weight excluding hydrogens is 218 g/mol. The Labute approximate surface area is 102 Å². The average molecular weight is 239 g/mol. The van der Waals surface area contributed by atoms with Gasteiger partial charge in [-0.15, -0.1) is 5.10 Å². The van der Waals surface area contributed by atoms with Crippen LogP contribution in [0.5, 0.6) is 0 Å². The Balaban J connectivity index is 2.42. The van der Waals surface area contributed by atoms with Crippen LogP contribution in [0.4, 0.5) is 0 Å². The highest BCUT2D eigenvalue weighted by molar-refractivity contribution is 5.82. The summed E-state index contributed by atoms with van der Waals surface area (Å²) in [5, 5.41) is 10.4. The fourth-order valence-electron chi connectivity index (χ4n) is 1.78. The molecule has 96 valence electrons. The first kappa shape index (κ1) is 13.6. The van der Waals surface area contributed by atoms with Gasteiger partial charge >= 0.3 is 0 Å². The van der Waals surface area contributed by atoms with Crippen molar-refractivity contribution in [1.82, 2.24) is 20.3 Å². The van der Waals surface area contributed by atoms with Crippen LogP contribution in [0.15, 0.2) is 12.4 Å². The molecule has 0 fully saturated rings. The number of carbonyl (C=O) groups excluding carboxylic acids is 1. The molecule has 0 aliphatic heterocycles. The molecule has 0 aromatic carbocycles. The van der Waals surface area contributed by atoms with Crippen LogP contribution in [0, 0.1) is 5.41 Å². The van der Waals surface area contributed by atoms with Gasteiger partial charge in [0.15, 0.2) is 0 Å². The highest BCUT2D eigenvalue weighted by Gasteiger charge is 2.32. The predicted octanol–water partition coefficient (Wildman–Crippen LogP) is 0.159. The van der Waals surface area contributed by atoms with Gasteiger partial charge in [0.2, 0.25) is 5.91 Å². The SMILES string of the molecule is CCC(CC)(CN)C(=O)NCCn1ccnn1. The molecule has 0 radical (unpaired) electrons. The third-order valence-corrected chi connectivity index (χ3v) is 3.32. The molecule has 0 bridgehead atoms. The number of hydrogen-bond acceptors (Lipinski definition) is 4. The van der Waals surface area contributed by atoms with E-state index < -0.39 is 5.41 Å². The number of nitrogens with two attached hydrogens (primary N) is 1. The minimum Gasteiger partial charge on any atom is -0.354 e. The molecular formula is C11H21N5O. The fourth-order valence-corrected chi connectivity index (χ4v) is 1.78. The number of aromatic nitrogens is 3. The van der Waals surface area contributed by atoms with Crippen molar-refractivity contribution in [3.63, 3.8) is 0 Å². The standard InChI is InChI=1S/C11H21N5O/c1-3-11(4-2,9-12)10(17)13-5-7-16-8-6-14-15-16/h6,8H,3-5,7,9,12H2,1-2H3,(H,13,17). The van der Waals surface area contributed by atoms with E-state index in [2.05, 4.69) is 15.6 Å². The number of carbonyl (C=O) groups is 1. The normalized spacial score (nSPS) is 11.5. The molecule has 0 atom stereocenters. The Hall–Kier alpha value is -1.43. The lowest BCUT2D eigenvalue weighted by Crippen LogP contribution is -2.46. The summed E-state index contributed by atoms with van der Waals surface area (Å²) in [4.78, 5) is 12.1. The zero-order valence-corrected chi connectivity index (χ0v) is 10.5. The molecule has 6 heteroatoms. The molecule has 1 amide bonds. The van der Waals surface area contributed by atoms with Crippen LogP contribution in [0.2, 0.25) is 0 Å². The molecule has 0 aliphatic rings. The third kappa shape index (κ3) is 3.26. The maximum absolute atomic E-state index is 12.1. The lowest BCUT2D eigenvalue weighted by molar-refractivity contribution is -0.131. The van der Waals surface area contributed by atoms with Crippen LogP contribution in [-0.2, 0) is 11.3 Å². The fraction of sp³-hybridized carbons (Fsp3) is 0.727. The van der Waals surface area contributed by atoms with Crippen molar-refractivity contribution in [2.24, 2.45) is 11.1 Å². The topological polar surface area (TPSA) is 85.8 Å². The van der Waals surface area contributed by atoms with Gasteiger partial charge in [0, 0.05) is 19.3 Å². The molecule has 1 aromatic heterocycles. The summed E-state index contributed by atoms with van der Waals surface area (Å²) in [6.45, 7) is 5.54. The van der Waals surface area contributed by atoms with Crippen molar-refractivity contribution in [3.8, 4) is 0 Å². The van der Waals surface area contributed by atoms with E-state index in [9.17, 15) is 4.79 Å². The highest BCUT2D eigenvalue weighted by atomic mass is 16.2. The Morgan fingerprint density at radius 1 is 1.47 bits per heavy atom. The zero-order chi connectivity index (χ0) is 12.7. The van der Waals surface area contributed by atoms with Gasteiger partial charge in [-0.1, -0.05) is 19.1 Å². The smallest absolute Gasteiger partial charge is 0.227 e. The summed E-state index contributed by atoms with van der Waals surface area (Å²) < 4.78 is 1.68. The number of nitrogens with zero attached hydrogens (tertiary/aromatic N) is 3.